The minimum absolute atomic E-state index is 0.209. The molecule has 0 spiro atoms. The number of nitrogens with zero attached hydrogens (tertiary/aromatic N) is 1. The van der Waals surface area contributed by atoms with Gasteiger partial charge in [-0.25, -0.2) is 18.6 Å². The Balaban J connectivity index is 1.64. The lowest BCUT2D eigenvalue weighted by Gasteiger charge is -2.17. The number of alkyl halides is 2. The van der Waals surface area contributed by atoms with E-state index in [1.54, 1.807) is 12.1 Å². The van der Waals surface area contributed by atoms with Crippen molar-refractivity contribution < 1.29 is 18.7 Å². The summed E-state index contributed by atoms with van der Waals surface area (Å²) in [6.07, 6.45) is -2.20. The van der Waals surface area contributed by atoms with Crippen LogP contribution in [0.25, 0.3) is 11.0 Å². The van der Waals surface area contributed by atoms with Gasteiger partial charge in [0.15, 0.2) is 5.82 Å². The Labute approximate surface area is 148 Å². The highest BCUT2D eigenvalue weighted by Gasteiger charge is 2.14. The van der Waals surface area contributed by atoms with Crippen LogP contribution in [-0.4, -0.2) is 33.8 Å². The molecule has 1 heterocycles. The molecule has 0 fully saturated rings. The van der Waals surface area contributed by atoms with E-state index in [0.717, 1.165) is 5.56 Å². The quantitative estimate of drug-likeness (QED) is 0.544. The average Bonchev–Trinajstić information content (AvgIpc) is 3.05. The number of carbonyl (C=O) groups excluding carboxylic acids is 1. The summed E-state index contributed by atoms with van der Waals surface area (Å²) in [6, 6.07) is 13.2. The number of amides is 2. The lowest BCUT2D eigenvalue weighted by molar-refractivity contribution is 0.142. The monoisotopic (exact) mass is 360 g/mol. The molecule has 3 rings (SSSR count). The number of halogens is 2. The number of aromatic amines is 1. The highest BCUT2D eigenvalue weighted by molar-refractivity contribution is 5.92. The third-order valence-electron chi connectivity index (χ3n) is 3.85. The van der Waals surface area contributed by atoms with E-state index in [9.17, 15) is 18.7 Å². The van der Waals surface area contributed by atoms with Gasteiger partial charge in [-0.05, 0) is 30.2 Å². The maximum absolute atomic E-state index is 12.7. The molecule has 0 aliphatic heterocycles. The molecule has 136 valence electrons. The van der Waals surface area contributed by atoms with Crippen molar-refractivity contribution in [3.8, 4) is 0 Å². The molecule has 0 radical (unpaired) electrons. The van der Waals surface area contributed by atoms with Crippen molar-refractivity contribution in [1.82, 2.24) is 15.3 Å². The Morgan fingerprint density at radius 2 is 1.96 bits per heavy atom. The molecule has 8 heteroatoms. The van der Waals surface area contributed by atoms with Crippen LogP contribution in [0.15, 0.2) is 48.5 Å². The van der Waals surface area contributed by atoms with Gasteiger partial charge in [-0.1, -0.05) is 30.3 Å². The first-order chi connectivity index (χ1) is 12.5. The van der Waals surface area contributed by atoms with E-state index in [2.05, 4.69) is 20.6 Å². The molecule has 0 unspecified atom stereocenters. The van der Waals surface area contributed by atoms with Crippen LogP contribution in [-0.2, 0) is 6.42 Å². The van der Waals surface area contributed by atoms with E-state index < -0.39 is 24.3 Å². The summed E-state index contributed by atoms with van der Waals surface area (Å²) in [5, 5.41) is 14.8. The van der Waals surface area contributed by atoms with Crippen LogP contribution in [0.5, 0.6) is 0 Å². The number of rotatable bonds is 6. The Kier molecular flexibility index (Phi) is 5.43. The molecule has 2 amide bonds. The lowest BCUT2D eigenvalue weighted by Crippen LogP contribution is -2.41. The smallest absolute Gasteiger partial charge is 0.319 e. The van der Waals surface area contributed by atoms with Gasteiger partial charge in [0.05, 0.1) is 23.7 Å². The van der Waals surface area contributed by atoms with Gasteiger partial charge in [-0.2, -0.15) is 0 Å². The van der Waals surface area contributed by atoms with Crippen molar-refractivity contribution in [3.05, 3.63) is 59.9 Å². The van der Waals surface area contributed by atoms with Crippen molar-refractivity contribution in [2.45, 2.75) is 18.9 Å². The van der Waals surface area contributed by atoms with Crippen LogP contribution in [0.1, 0.15) is 17.8 Å². The number of imidazole rings is 1. The number of nitrogens with one attached hydrogen (secondary N) is 3. The molecule has 0 saturated carbocycles. The third kappa shape index (κ3) is 4.34. The maximum Gasteiger partial charge on any atom is 0.319 e. The maximum atomic E-state index is 12.7. The van der Waals surface area contributed by atoms with Gasteiger partial charge >= 0.3 is 6.03 Å². The summed E-state index contributed by atoms with van der Waals surface area (Å²) in [5.41, 5.74) is 2.21. The summed E-state index contributed by atoms with van der Waals surface area (Å²) < 4.78 is 25.4. The van der Waals surface area contributed by atoms with Crippen LogP contribution in [0, 0.1) is 0 Å². The summed E-state index contributed by atoms with van der Waals surface area (Å²) in [4.78, 5) is 18.4. The van der Waals surface area contributed by atoms with Gasteiger partial charge in [0, 0.05) is 5.69 Å². The zero-order valence-electron chi connectivity index (χ0n) is 13.7. The van der Waals surface area contributed by atoms with E-state index in [-0.39, 0.29) is 6.61 Å². The molecule has 1 aromatic heterocycles. The van der Waals surface area contributed by atoms with Crippen LogP contribution in [0.4, 0.5) is 19.3 Å². The van der Waals surface area contributed by atoms with Crippen LogP contribution < -0.4 is 10.6 Å². The van der Waals surface area contributed by atoms with E-state index in [1.807, 2.05) is 30.3 Å². The molecule has 2 aromatic carbocycles. The molecule has 0 aliphatic rings. The Hall–Kier alpha value is -3.00. The van der Waals surface area contributed by atoms with Crippen LogP contribution in [0.3, 0.4) is 0 Å². The van der Waals surface area contributed by atoms with Gasteiger partial charge in [-0.15, -0.1) is 0 Å². The number of aromatic nitrogens is 2. The van der Waals surface area contributed by atoms with Crippen molar-refractivity contribution in [2.75, 3.05) is 11.9 Å². The SMILES string of the molecule is O=C(Nc1ccc2nc(C(F)F)[nH]c2c1)N[C@H](CO)Cc1ccccc1. The van der Waals surface area contributed by atoms with Crippen molar-refractivity contribution in [2.24, 2.45) is 0 Å². The van der Waals surface area contributed by atoms with Crippen molar-refractivity contribution in [3.63, 3.8) is 0 Å². The Bertz CT molecular complexity index is 883. The second-order valence-corrected chi connectivity index (χ2v) is 5.82. The molecule has 3 aromatic rings. The van der Waals surface area contributed by atoms with E-state index in [1.165, 1.54) is 6.07 Å². The number of benzene rings is 2. The average molecular weight is 360 g/mol. The summed E-state index contributed by atoms with van der Waals surface area (Å²) in [6.45, 7) is -0.209. The van der Waals surface area contributed by atoms with Gasteiger partial charge in [0.2, 0.25) is 0 Å². The summed E-state index contributed by atoms with van der Waals surface area (Å²) in [7, 11) is 0. The lowest BCUT2D eigenvalue weighted by atomic mass is 10.1. The number of aliphatic hydroxyl groups excluding tert-OH is 1. The molecule has 0 saturated heterocycles. The minimum Gasteiger partial charge on any atom is -0.394 e. The molecule has 1 atom stereocenters. The number of hydrogen-bond donors (Lipinski definition) is 4. The first-order valence-corrected chi connectivity index (χ1v) is 8.05. The van der Waals surface area contributed by atoms with Gasteiger partial charge in [0.1, 0.15) is 0 Å². The number of anilines is 1. The number of fused-ring (bicyclic) bond motifs is 1. The molecule has 4 N–H and O–H groups in total. The fourth-order valence-electron chi connectivity index (χ4n) is 2.62. The zero-order chi connectivity index (χ0) is 18.5. The number of hydrogen-bond acceptors (Lipinski definition) is 3. The topological polar surface area (TPSA) is 90.0 Å². The second kappa shape index (κ2) is 7.92. The zero-order valence-corrected chi connectivity index (χ0v) is 13.7. The number of carbonyl (C=O) groups is 1. The Morgan fingerprint density at radius 1 is 1.19 bits per heavy atom. The van der Waals surface area contributed by atoms with E-state index in [0.29, 0.717) is 23.1 Å². The Morgan fingerprint density at radius 3 is 2.65 bits per heavy atom. The molecular weight excluding hydrogens is 342 g/mol. The predicted molar refractivity (Wildman–Crippen MR) is 94.2 cm³/mol. The highest BCUT2D eigenvalue weighted by atomic mass is 19.3. The van der Waals surface area contributed by atoms with E-state index >= 15 is 0 Å². The first kappa shape index (κ1) is 17.8. The number of urea groups is 1. The molecule has 0 bridgehead atoms. The minimum atomic E-state index is -2.69. The van der Waals surface area contributed by atoms with Crippen molar-refractivity contribution in [1.29, 1.82) is 0 Å². The van der Waals surface area contributed by atoms with Gasteiger partial charge in [0.25, 0.3) is 6.43 Å². The predicted octanol–water partition coefficient (Wildman–Crippen LogP) is 3.23. The number of aliphatic hydroxyl groups is 1. The molecule has 6 nitrogen and oxygen atoms in total. The normalized spacial score (nSPS) is 12.3. The molecule has 26 heavy (non-hydrogen) atoms. The second-order valence-electron chi connectivity index (χ2n) is 5.82. The fraction of sp³-hybridized carbons (Fsp3) is 0.222. The summed E-state index contributed by atoms with van der Waals surface area (Å²) >= 11 is 0. The van der Waals surface area contributed by atoms with Crippen LogP contribution >= 0.6 is 0 Å². The number of H-pyrrole nitrogens is 1. The molecule has 0 aliphatic carbocycles. The first-order valence-electron chi connectivity index (χ1n) is 8.05. The van der Waals surface area contributed by atoms with Gasteiger partial charge < -0.3 is 20.7 Å². The van der Waals surface area contributed by atoms with E-state index in [4.69, 9.17) is 0 Å². The third-order valence-corrected chi connectivity index (χ3v) is 3.85. The van der Waals surface area contributed by atoms with Gasteiger partial charge in [-0.3, -0.25) is 0 Å². The van der Waals surface area contributed by atoms with Crippen LogP contribution in [0.2, 0.25) is 0 Å². The standard InChI is InChI=1S/C18H18F2N4O2/c19-16(20)17-23-14-7-6-12(9-15(14)24-17)21-18(26)22-13(10-25)8-11-4-2-1-3-5-11/h1-7,9,13,16,25H,8,10H2,(H,23,24)(H2,21,22,26)/t13-/m0/s1. The molecular formula is C18H18F2N4O2. The fourth-order valence-corrected chi connectivity index (χ4v) is 2.62. The summed E-state index contributed by atoms with van der Waals surface area (Å²) in [5.74, 6) is -0.412. The highest BCUT2D eigenvalue weighted by Crippen LogP contribution is 2.22. The largest absolute Gasteiger partial charge is 0.394 e. The van der Waals surface area contributed by atoms with Crippen molar-refractivity contribution >= 4 is 22.8 Å².